The molecule has 21 heavy (non-hydrogen) atoms. The van der Waals surface area contributed by atoms with Crippen molar-refractivity contribution in [2.45, 2.75) is 43.2 Å². The number of hydrogen-bond acceptors (Lipinski definition) is 3. The zero-order valence-corrected chi connectivity index (χ0v) is 12.2. The molecule has 2 saturated heterocycles. The van der Waals surface area contributed by atoms with Gasteiger partial charge in [-0.1, -0.05) is 6.07 Å². The monoisotopic (exact) mass is 291 g/mol. The van der Waals surface area contributed by atoms with Gasteiger partial charge in [-0.05, 0) is 54.9 Å². The Bertz CT molecular complexity index is 556. The van der Waals surface area contributed by atoms with E-state index >= 15 is 0 Å². The summed E-state index contributed by atoms with van der Waals surface area (Å²) in [6.07, 6.45) is 4.70. The first-order chi connectivity index (χ1) is 10.1. The Labute approximate surface area is 124 Å². The molecule has 3 atom stereocenters. The van der Waals surface area contributed by atoms with Crippen LogP contribution >= 0.6 is 0 Å². The van der Waals surface area contributed by atoms with Gasteiger partial charge in [0.25, 0.3) is 0 Å². The van der Waals surface area contributed by atoms with Crippen LogP contribution in [0.5, 0.6) is 0 Å². The minimum Gasteiger partial charge on any atom is -0.378 e. The maximum absolute atomic E-state index is 13.4. The summed E-state index contributed by atoms with van der Waals surface area (Å²) in [6, 6.07) is 5.09. The Hall–Kier alpha value is -0.970. The maximum atomic E-state index is 13.4. The molecule has 4 heteroatoms. The van der Waals surface area contributed by atoms with Crippen LogP contribution < -0.4 is 5.73 Å². The van der Waals surface area contributed by atoms with Crippen LogP contribution in [0.2, 0.25) is 0 Å². The van der Waals surface area contributed by atoms with Crippen LogP contribution in [0.3, 0.4) is 0 Å². The molecular weight excluding hydrogens is 269 g/mol. The fourth-order valence-corrected chi connectivity index (χ4v) is 4.45. The first kappa shape index (κ1) is 13.7. The summed E-state index contributed by atoms with van der Waals surface area (Å²) in [7, 11) is 0. The molecule has 2 N–H and O–H groups in total. The number of nitrogens with two attached hydrogens (primary N) is 1. The first-order valence-corrected chi connectivity index (χ1v) is 7.91. The number of rotatable bonds is 1. The average molecular weight is 291 g/mol. The summed E-state index contributed by atoms with van der Waals surface area (Å²) in [6.45, 7) is 2.23. The van der Waals surface area contributed by atoms with E-state index in [0.29, 0.717) is 12.5 Å². The molecule has 3 unspecified atom stereocenters. The van der Waals surface area contributed by atoms with E-state index in [-0.39, 0.29) is 17.0 Å². The SMILES string of the molecule is NC1(C2CCOC3(CCOC3)C2)CCc2cc(F)ccc21. The van der Waals surface area contributed by atoms with Gasteiger partial charge in [-0.2, -0.15) is 0 Å². The molecule has 2 fully saturated rings. The third-order valence-corrected chi connectivity index (χ3v) is 5.67. The third-order valence-electron chi connectivity index (χ3n) is 5.67. The van der Waals surface area contributed by atoms with Gasteiger partial charge >= 0.3 is 0 Å². The van der Waals surface area contributed by atoms with Crippen molar-refractivity contribution >= 4 is 0 Å². The van der Waals surface area contributed by atoms with E-state index in [1.54, 1.807) is 12.1 Å². The van der Waals surface area contributed by atoms with Gasteiger partial charge in [0.1, 0.15) is 5.82 Å². The largest absolute Gasteiger partial charge is 0.378 e. The molecule has 0 amide bonds. The van der Waals surface area contributed by atoms with E-state index in [0.717, 1.165) is 56.4 Å². The number of ether oxygens (including phenoxy) is 2. The van der Waals surface area contributed by atoms with Gasteiger partial charge < -0.3 is 15.2 Å². The molecular formula is C17H22FNO2. The fourth-order valence-electron chi connectivity index (χ4n) is 4.45. The third kappa shape index (κ3) is 2.12. The van der Waals surface area contributed by atoms with Crippen molar-refractivity contribution in [1.29, 1.82) is 0 Å². The molecule has 3 nitrogen and oxygen atoms in total. The molecule has 1 aromatic carbocycles. The summed E-state index contributed by atoms with van der Waals surface area (Å²) in [5.41, 5.74) is 8.60. The molecule has 2 heterocycles. The number of aryl methyl sites for hydroxylation is 1. The van der Waals surface area contributed by atoms with Crippen LogP contribution in [0, 0.1) is 11.7 Å². The van der Waals surface area contributed by atoms with Gasteiger partial charge in [0.15, 0.2) is 0 Å². The predicted molar refractivity (Wildman–Crippen MR) is 77.4 cm³/mol. The van der Waals surface area contributed by atoms with Gasteiger partial charge in [-0.3, -0.25) is 0 Å². The van der Waals surface area contributed by atoms with Crippen LogP contribution in [0.15, 0.2) is 18.2 Å². The molecule has 1 aliphatic carbocycles. The number of halogens is 1. The van der Waals surface area contributed by atoms with Gasteiger partial charge in [-0.25, -0.2) is 4.39 Å². The highest BCUT2D eigenvalue weighted by atomic mass is 19.1. The first-order valence-electron chi connectivity index (χ1n) is 7.91. The van der Waals surface area contributed by atoms with E-state index in [9.17, 15) is 4.39 Å². The Morgan fingerprint density at radius 1 is 1.24 bits per heavy atom. The number of fused-ring (bicyclic) bond motifs is 1. The van der Waals surface area contributed by atoms with Crippen molar-refractivity contribution in [1.82, 2.24) is 0 Å². The van der Waals surface area contributed by atoms with E-state index < -0.39 is 0 Å². The van der Waals surface area contributed by atoms with E-state index in [1.165, 1.54) is 0 Å². The second kappa shape index (κ2) is 4.77. The van der Waals surface area contributed by atoms with Gasteiger partial charge in [0.2, 0.25) is 0 Å². The molecule has 4 rings (SSSR count). The predicted octanol–water partition coefficient (Wildman–Crippen LogP) is 2.51. The van der Waals surface area contributed by atoms with Crippen LogP contribution in [0.1, 0.15) is 36.8 Å². The average Bonchev–Trinajstić information content (AvgIpc) is 3.05. The van der Waals surface area contributed by atoms with Crippen molar-refractivity contribution in [3.63, 3.8) is 0 Å². The zero-order valence-electron chi connectivity index (χ0n) is 12.2. The lowest BCUT2D eigenvalue weighted by Gasteiger charge is -2.44. The molecule has 0 saturated carbocycles. The molecule has 0 radical (unpaired) electrons. The summed E-state index contributed by atoms with van der Waals surface area (Å²) in [5, 5.41) is 0. The smallest absolute Gasteiger partial charge is 0.123 e. The van der Waals surface area contributed by atoms with Gasteiger partial charge in [-0.15, -0.1) is 0 Å². The number of hydrogen-bond donors (Lipinski definition) is 1. The Morgan fingerprint density at radius 2 is 2.14 bits per heavy atom. The Morgan fingerprint density at radius 3 is 2.95 bits per heavy atom. The molecule has 2 aliphatic heterocycles. The lowest BCUT2D eigenvalue weighted by molar-refractivity contribution is -0.110. The van der Waals surface area contributed by atoms with Crippen molar-refractivity contribution in [2.24, 2.45) is 11.7 Å². The minimum atomic E-state index is -0.331. The minimum absolute atomic E-state index is 0.127. The highest BCUT2D eigenvalue weighted by Gasteiger charge is 2.49. The Balaban J connectivity index is 1.64. The normalized spacial score (nSPS) is 38.9. The van der Waals surface area contributed by atoms with Gasteiger partial charge in [0.05, 0.1) is 12.2 Å². The van der Waals surface area contributed by atoms with Crippen molar-refractivity contribution in [3.05, 3.63) is 35.1 Å². The molecule has 3 aliphatic rings. The quantitative estimate of drug-likeness (QED) is 0.864. The molecule has 1 aromatic rings. The van der Waals surface area contributed by atoms with Crippen LogP contribution in [-0.4, -0.2) is 25.4 Å². The summed E-state index contributed by atoms with van der Waals surface area (Å²) < 4.78 is 25.0. The van der Waals surface area contributed by atoms with Gasteiger partial charge in [0, 0.05) is 25.2 Å². The molecule has 0 aromatic heterocycles. The lowest BCUT2D eigenvalue weighted by Crippen LogP contribution is -2.50. The lowest BCUT2D eigenvalue weighted by atomic mass is 9.71. The zero-order chi connectivity index (χ0) is 14.5. The summed E-state index contributed by atoms with van der Waals surface area (Å²) in [4.78, 5) is 0. The highest BCUT2D eigenvalue weighted by Crippen LogP contribution is 2.48. The molecule has 0 bridgehead atoms. The topological polar surface area (TPSA) is 44.5 Å². The number of benzene rings is 1. The summed E-state index contributed by atoms with van der Waals surface area (Å²) >= 11 is 0. The molecule has 1 spiro atoms. The second-order valence-corrected chi connectivity index (χ2v) is 6.87. The van der Waals surface area contributed by atoms with E-state index in [2.05, 4.69) is 0 Å². The van der Waals surface area contributed by atoms with Crippen molar-refractivity contribution in [2.75, 3.05) is 19.8 Å². The standard InChI is InChI=1S/C17H22FNO2/c18-14-1-2-15-12(9-14)3-5-17(15,19)13-4-7-21-16(10-13)6-8-20-11-16/h1-2,9,13H,3-8,10-11,19H2. The van der Waals surface area contributed by atoms with Crippen LogP contribution in [-0.2, 0) is 21.4 Å². The van der Waals surface area contributed by atoms with E-state index in [4.69, 9.17) is 15.2 Å². The van der Waals surface area contributed by atoms with Crippen LogP contribution in [0.25, 0.3) is 0 Å². The maximum Gasteiger partial charge on any atom is 0.123 e. The second-order valence-electron chi connectivity index (χ2n) is 6.87. The van der Waals surface area contributed by atoms with Crippen LogP contribution in [0.4, 0.5) is 4.39 Å². The van der Waals surface area contributed by atoms with Crippen molar-refractivity contribution in [3.8, 4) is 0 Å². The fraction of sp³-hybridized carbons (Fsp3) is 0.647. The highest BCUT2D eigenvalue weighted by molar-refractivity contribution is 5.39. The van der Waals surface area contributed by atoms with Crippen molar-refractivity contribution < 1.29 is 13.9 Å². The molecule has 114 valence electrons. The summed E-state index contributed by atoms with van der Waals surface area (Å²) in [5.74, 6) is 0.227. The van der Waals surface area contributed by atoms with E-state index in [1.807, 2.05) is 6.07 Å². The Kier molecular flexibility index (Phi) is 3.10.